The third kappa shape index (κ3) is 6.94. The largest absolute Gasteiger partial charge is 0.352 e. The topological polar surface area (TPSA) is 90.0 Å². The Bertz CT molecular complexity index is 1080. The van der Waals surface area contributed by atoms with Gasteiger partial charge in [-0.25, -0.2) is 4.31 Å². The molecule has 1 N–H and O–H groups in total. The van der Waals surface area contributed by atoms with E-state index in [0.717, 1.165) is 15.0 Å². The lowest BCUT2D eigenvalue weighted by Crippen LogP contribution is -2.53. The van der Waals surface area contributed by atoms with Crippen molar-refractivity contribution in [2.75, 3.05) is 24.9 Å². The van der Waals surface area contributed by atoms with Gasteiger partial charge in [0, 0.05) is 31.7 Å². The minimum absolute atomic E-state index is 0.0538. The number of nitrogens with one attached hydrogen (secondary N) is 1. The number of nitrogens with zero attached hydrogens (tertiary/aromatic N) is 3. The van der Waals surface area contributed by atoms with E-state index in [4.69, 9.17) is 11.6 Å². The van der Waals surface area contributed by atoms with Gasteiger partial charge in [0.25, 0.3) is 0 Å². The zero-order chi connectivity index (χ0) is 25.5. The Morgan fingerprint density at radius 2 is 1.59 bits per heavy atom. The van der Waals surface area contributed by atoms with Gasteiger partial charge in [-0.3, -0.25) is 9.59 Å². The van der Waals surface area contributed by atoms with Crippen molar-refractivity contribution in [3.8, 4) is 0 Å². The molecule has 0 saturated heterocycles. The molecule has 0 bridgehead atoms. The number of hydrogen-bond acceptors (Lipinski definition) is 4. The summed E-state index contributed by atoms with van der Waals surface area (Å²) in [4.78, 5) is 27.9. The summed E-state index contributed by atoms with van der Waals surface area (Å²) in [6, 6.07) is 14.5. The lowest BCUT2D eigenvalue weighted by molar-refractivity contribution is -0.139. The summed E-state index contributed by atoms with van der Waals surface area (Å²) in [6.07, 6.45) is 0.736. The molecule has 2 aromatic rings. The van der Waals surface area contributed by atoms with Gasteiger partial charge < -0.3 is 10.2 Å². The first kappa shape index (κ1) is 27.6. The molecule has 2 aromatic carbocycles. The number of amides is 2. The Hall–Kier alpha value is -2.62. The van der Waals surface area contributed by atoms with Gasteiger partial charge in [0.1, 0.15) is 12.6 Å². The maximum absolute atomic E-state index is 13.6. The molecule has 8 nitrogen and oxygen atoms in total. The first-order valence-corrected chi connectivity index (χ1v) is 12.8. The third-order valence-corrected chi connectivity index (χ3v) is 7.72. The van der Waals surface area contributed by atoms with Gasteiger partial charge in [0.15, 0.2) is 0 Å². The van der Waals surface area contributed by atoms with Crippen LogP contribution >= 0.6 is 11.6 Å². The zero-order valence-corrected chi connectivity index (χ0v) is 21.8. The molecule has 0 saturated carbocycles. The van der Waals surface area contributed by atoms with Crippen molar-refractivity contribution < 1.29 is 18.0 Å². The van der Waals surface area contributed by atoms with Crippen molar-refractivity contribution in [2.24, 2.45) is 0 Å². The van der Waals surface area contributed by atoms with Crippen LogP contribution in [-0.2, 0) is 26.3 Å². The molecular formula is C24H33ClN4O4S. The van der Waals surface area contributed by atoms with Gasteiger partial charge in [0.05, 0.1) is 5.69 Å². The van der Waals surface area contributed by atoms with E-state index in [2.05, 4.69) is 5.32 Å². The van der Waals surface area contributed by atoms with E-state index in [0.29, 0.717) is 16.3 Å². The number of carbonyl (C=O) groups is 2. The summed E-state index contributed by atoms with van der Waals surface area (Å²) < 4.78 is 28.2. The highest BCUT2D eigenvalue weighted by Crippen LogP contribution is 2.22. The summed E-state index contributed by atoms with van der Waals surface area (Å²) in [5.41, 5.74) is 1.00. The fourth-order valence-corrected chi connectivity index (χ4v) is 4.42. The van der Waals surface area contributed by atoms with E-state index in [1.54, 1.807) is 61.5 Å². The highest BCUT2D eigenvalue weighted by Gasteiger charge is 2.33. The third-order valence-electron chi connectivity index (χ3n) is 5.53. The van der Waals surface area contributed by atoms with E-state index in [1.807, 2.05) is 13.8 Å². The van der Waals surface area contributed by atoms with Crippen molar-refractivity contribution in [3.63, 3.8) is 0 Å². The molecule has 0 unspecified atom stereocenters. The van der Waals surface area contributed by atoms with Crippen LogP contribution < -0.4 is 9.62 Å². The van der Waals surface area contributed by atoms with Crippen LogP contribution in [0.1, 0.15) is 32.8 Å². The van der Waals surface area contributed by atoms with Crippen LogP contribution in [0.4, 0.5) is 5.69 Å². The molecule has 34 heavy (non-hydrogen) atoms. The van der Waals surface area contributed by atoms with E-state index in [9.17, 15) is 18.0 Å². The molecule has 0 aliphatic carbocycles. The quantitative estimate of drug-likeness (QED) is 0.504. The molecule has 0 heterocycles. The first-order valence-electron chi connectivity index (χ1n) is 11.1. The highest BCUT2D eigenvalue weighted by molar-refractivity contribution is 7.90. The molecule has 0 aliphatic heterocycles. The van der Waals surface area contributed by atoms with Gasteiger partial charge in [-0.1, -0.05) is 54.9 Å². The highest BCUT2D eigenvalue weighted by atomic mass is 35.5. The maximum atomic E-state index is 13.6. The fraction of sp³-hybridized carbons (Fsp3) is 0.417. The lowest BCUT2D eigenvalue weighted by Gasteiger charge is -2.33. The van der Waals surface area contributed by atoms with Gasteiger partial charge in [0.2, 0.25) is 11.8 Å². The Kier molecular flexibility index (Phi) is 9.90. The molecule has 186 valence electrons. The van der Waals surface area contributed by atoms with E-state index in [-0.39, 0.29) is 18.5 Å². The molecule has 10 heteroatoms. The molecule has 2 atom stereocenters. The van der Waals surface area contributed by atoms with Crippen LogP contribution in [0.15, 0.2) is 54.6 Å². The Labute approximate surface area is 207 Å². The molecule has 0 spiro atoms. The van der Waals surface area contributed by atoms with E-state index >= 15 is 0 Å². The number of para-hydroxylation sites is 1. The predicted molar refractivity (Wildman–Crippen MR) is 136 cm³/mol. The molecule has 2 rings (SSSR count). The number of benzene rings is 2. The number of carbonyl (C=O) groups excluding carboxylic acids is 2. The minimum Gasteiger partial charge on any atom is -0.352 e. The van der Waals surface area contributed by atoms with Crippen LogP contribution in [0.3, 0.4) is 0 Å². The van der Waals surface area contributed by atoms with Crippen molar-refractivity contribution in [1.29, 1.82) is 0 Å². The van der Waals surface area contributed by atoms with Crippen LogP contribution in [0, 0.1) is 0 Å². The average molecular weight is 509 g/mol. The normalized spacial score (nSPS) is 13.3. The maximum Gasteiger partial charge on any atom is 0.304 e. The monoisotopic (exact) mass is 508 g/mol. The Morgan fingerprint density at radius 1 is 1.00 bits per heavy atom. The Morgan fingerprint density at radius 3 is 2.15 bits per heavy atom. The second-order valence-electron chi connectivity index (χ2n) is 8.24. The SMILES string of the molecule is CC[C@@H](C)NC(=O)[C@H](C)N(Cc1ccccc1Cl)C(=O)CN(c1ccccc1)S(=O)(=O)N(C)C. The summed E-state index contributed by atoms with van der Waals surface area (Å²) in [5, 5.41) is 3.35. The van der Waals surface area contributed by atoms with Gasteiger partial charge in [-0.2, -0.15) is 12.7 Å². The summed E-state index contributed by atoms with van der Waals surface area (Å²) in [6.45, 7) is 5.03. The van der Waals surface area contributed by atoms with Crippen molar-refractivity contribution in [3.05, 3.63) is 65.2 Å². The second-order valence-corrected chi connectivity index (χ2v) is 10.7. The second kappa shape index (κ2) is 12.2. The van der Waals surface area contributed by atoms with E-state index in [1.165, 1.54) is 19.0 Å². The fourth-order valence-electron chi connectivity index (χ4n) is 3.17. The zero-order valence-electron chi connectivity index (χ0n) is 20.2. The predicted octanol–water partition coefficient (Wildman–Crippen LogP) is 3.28. The van der Waals surface area contributed by atoms with Gasteiger partial charge in [-0.15, -0.1) is 0 Å². The first-order chi connectivity index (χ1) is 16.0. The summed E-state index contributed by atoms with van der Waals surface area (Å²) >= 11 is 6.33. The van der Waals surface area contributed by atoms with Gasteiger partial charge in [-0.05, 0) is 44.0 Å². The van der Waals surface area contributed by atoms with Crippen LogP contribution in [0.2, 0.25) is 5.02 Å². The molecular weight excluding hydrogens is 476 g/mol. The summed E-state index contributed by atoms with van der Waals surface area (Å²) in [5.74, 6) is -0.850. The van der Waals surface area contributed by atoms with Crippen molar-refractivity contribution in [2.45, 2.75) is 45.8 Å². The number of hydrogen-bond donors (Lipinski definition) is 1. The van der Waals surface area contributed by atoms with E-state index < -0.39 is 28.7 Å². The number of anilines is 1. The Balaban J connectivity index is 2.43. The molecule has 0 radical (unpaired) electrons. The number of rotatable bonds is 11. The standard InChI is InChI=1S/C24H33ClN4O4S/c1-6-18(2)26-24(31)19(3)28(16-20-12-10-11-15-22(20)25)23(30)17-29(34(32,33)27(4)5)21-13-8-7-9-14-21/h7-15,18-19H,6,16-17H2,1-5H3,(H,26,31)/t18-,19+/m1/s1. The molecule has 0 fully saturated rings. The summed E-state index contributed by atoms with van der Waals surface area (Å²) in [7, 11) is -1.17. The molecule has 0 aromatic heterocycles. The lowest BCUT2D eigenvalue weighted by atomic mass is 10.1. The van der Waals surface area contributed by atoms with Crippen molar-refractivity contribution >= 4 is 39.3 Å². The molecule has 2 amide bonds. The number of halogens is 1. The average Bonchev–Trinajstić information content (AvgIpc) is 2.81. The van der Waals surface area contributed by atoms with Gasteiger partial charge >= 0.3 is 10.2 Å². The minimum atomic E-state index is -3.98. The van der Waals surface area contributed by atoms with Crippen LogP contribution in [0.5, 0.6) is 0 Å². The van der Waals surface area contributed by atoms with Crippen molar-refractivity contribution in [1.82, 2.24) is 14.5 Å². The molecule has 0 aliphatic rings. The van der Waals surface area contributed by atoms with Crippen LogP contribution in [0.25, 0.3) is 0 Å². The smallest absolute Gasteiger partial charge is 0.304 e. The van der Waals surface area contributed by atoms with Crippen LogP contribution in [-0.4, -0.2) is 62.2 Å².